The smallest absolute Gasteiger partial charge is 0.480 e. The highest BCUT2D eigenvalue weighted by Gasteiger charge is 2.57. The number of halogens is 1. The van der Waals surface area contributed by atoms with Crippen LogP contribution >= 0.6 is 0 Å². The topological polar surface area (TPSA) is 57.2 Å². The fourth-order valence-electron chi connectivity index (χ4n) is 5.64. The van der Waals surface area contributed by atoms with Gasteiger partial charge in [0.05, 0.1) is 17.2 Å². The number of nitrogens with zero attached hydrogens (tertiary/aromatic N) is 1. The first-order chi connectivity index (χ1) is 17.2. The van der Waals surface area contributed by atoms with Crippen molar-refractivity contribution >= 4 is 18.7 Å². The minimum atomic E-state index is -0.900. The van der Waals surface area contributed by atoms with Gasteiger partial charge in [-0.15, -0.1) is 0 Å². The third-order valence-electron chi connectivity index (χ3n) is 8.13. The molecular weight excluding hydrogens is 472 g/mol. The summed E-state index contributed by atoms with van der Waals surface area (Å²) in [4.78, 5) is 15.1. The van der Waals surface area contributed by atoms with Crippen LogP contribution in [-0.4, -0.2) is 47.5 Å². The zero-order valence-corrected chi connectivity index (χ0v) is 22.9. The second kappa shape index (κ2) is 8.74. The molecule has 8 heteroatoms. The van der Waals surface area contributed by atoms with Gasteiger partial charge in [0.25, 0.3) is 0 Å². The Bertz CT molecular complexity index is 1180. The summed E-state index contributed by atoms with van der Waals surface area (Å²) in [7, 11) is -0.727. The third-order valence-corrected chi connectivity index (χ3v) is 8.13. The molecule has 5 rings (SSSR count). The molecule has 3 aliphatic heterocycles. The molecule has 0 saturated carbocycles. The van der Waals surface area contributed by atoms with Gasteiger partial charge in [-0.1, -0.05) is 30.3 Å². The number of ether oxygens (including phenoxy) is 2. The number of carbonyl (C=O) groups excluding carboxylic acids is 1. The van der Waals surface area contributed by atoms with E-state index in [1.54, 1.807) is 4.90 Å². The lowest BCUT2D eigenvalue weighted by atomic mass is 9.72. The molecule has 2 saturated heterocycles. The van der Waals surface area contributed by atoms with Gasteiger partial charge in [-0.3, -0.25) is 0 Å². The third kappa shape index (κ3) is 4.52. The maximum atomic E-state index is 15.0. The summed E-state index contributed by atoms with van der Waals surface area (Å²) in [5.74, 6) is 0.0485. The van der Waals surface area contributed by atoms with E-state index in [0.29, 0.717) is 24.2 Å². The maximum Gasteiger partial charge on any atom is 0.495 e. The van der Waals surface area contributed by atoms with Gasteiger partial charge in [0.15, 0.2) is 5.60 Å². The molecular formula is C29H37BFNO5. The summed E-state index contributed by atoms with van der Waals surface area (Å²) >= 11 is 0. The van der Waals surface area contributed by atoms with E-state index in [0.717, 1.165) is 24.0 Å². The van der Waals surface area contributed by atoms with Crippen LogP contribution in [0.2, 0.25) is 0 Å². The Balaban J connectivity index is 1.58. The highest BCUT2D eigenvalue weighted by atomic mass is 19.1. The zero-order valence-electron chi connectivity index (χ0n) is 22.9. The van der Waals surface area contributed by atoms with Crippen molar-refractivity contribution in [1.82, 2.24) is 4.90 Å². The number of carbonyl (C=O) groups is 1. The van der Waals surface area contributed by atoms with Crippen LogP contribution in [0.5, 0.6) is 5.75 Å². The number of benzene rings is 2. The Morgan fingerprint density at radius 2 is 1.73 bits per heavy atom. The molecule has 2 aromatic carbocycles. The van der Waals surface area contributed by atoms with E-state index in [2.05, 4.69) is 0 Å². The van der Waals surface area contributed by atoms with E-state index in [1.807, 2.05) is 78.8 Å². The fraction of sp³-hybridized carbons (Fsp3) is 0.552. The van der Waals surface area contributed by atoms with Gasteiger partial charge < -0.3 is 23.7 Å². The molecule has 37 heavy (non-hydrogen) atoms. The van der Waals surface area contributed by atoms with Crippen LogP contribution in [-0.2, 0) is 26.1 Å². The normalized spacial score (nSPS) is 26.2. The van der Waals surface area contributed by atoms with E-state index in [4.69, 9.17) is 18.8 Å². The van der Waals surface area contributed by atoms with Crippen LogP contribution in [0.25, 0.3) is 0 Å². The average Bonchev–Trinajstić information content (AvgIpc) is 3.47. The van der Waals surface area contributed by atoms with E-state index < -0.39 is 35.3 Å². The van der Waals surface area contributed by atoms with Crippen molar-refractivity contribution in [3.8, 4) is 5.75 Å². The standard InChI is InChI=1S/C29H37BFNO5/c1-26(2,3)35-25(33)32-15-11-14-24(32)29(19-12-9-8-10-13-19)18-21-22(16-20(31)17-23(21)34-29)30-36-27(4,5)28(6,7)37-30/h8-10,12-13,16-17,24H,11,14-15,18H2,1-7H3/t24-,29-/m0/s1. The van der Waals surface area contributed by atoms with Gasteiger partial charge in [-0.05, 0) is 84.0 Å². The van der Waals surface area contributed by atoms with Crippen LogP contribution in [0.15, 0.2) is 42.5 Å². The van der Waals surface area contributed by atoms with Gasteiger partial charge in [0.2, 0.25) is 0 Å². The van der Waals surface area contributed by atoms with E-state index in [9.17, 15) is 4.79 Å². The van der Waals surface area contributed by atoms with Gasteiger partial charge in [-0.2, -0.15) is 0 Å². The van der Waals surface area contributed by atoms with E-state index >= 15 is 4.39 Å². The van der Waals surface area contributed by atoms with Gasteiger partial charge in [0, 0.05) is 19.0 Å². The molecule has 198 valence electrons. The molecule has 0 N–H and O–H groups in total. The predicted octanol–water partition coefficient (Wildman–Crippen LogP) is 5.35. The van der Waals surface area contributed by atoms with Crippen LogP contribution in [0.3, 0.4) is 0 Å². The number of hydrogen-bond donors (Lipinski definition) is 0. The molecule has 0 bridgehead atoms. The first-order valence-electron chi connectivity index (χ1n) is 13.1. The van der Waals surface area contributed by atoms with Crippen molar-refractivity contribution in [3.63, 3.8) is 0 Å². The molecule has 1 amide bonds. The number of likely N-dealkylation sites (tertiary alicyclic amines) is 1. The molecule has 3 aliphatic rings. The highest BCUT2D eigenvalue weighted by Crippen LogP contribution is 2.48. The second-order valence-corrected chi connectivity index (χ2v) is 12.4. The number of rotatable bonds is 3. The SMILES string of the molecule is CC(C)(C)OC(=O)N1CCC[C@H]1[C@@]1(c2ccccc2)Cc2c(cc(F)cc2B2OC(C)(C)C(C)(C)O2)O1. The van der Waals surface area contributed by atoms with Crippen LogP contribution in [0, 0.1) is 5.82 Å². The Labute approximate surface area is 219 Å². The quantitative estimate of drug-likeness (QED) is 0.522. The molecule has 0 aromatic heterocycles. The highest BCUT2D eigenvalue weighted by molar-refractivity contribution is 6.62. The summed E-state index contributed by atoms with van der Waals surface area (Å²) in [6.07, 6.45) is 1.67. The molecule has 2 fully saturated rings. The zero-order chi connectivity index (χ0) is 26.8. The molecule has 2 atom stereocenters. The fourth-order valence-corrected chi connectivity index (χ4v) is 5.64. The second-order valence-electron chi connectivity index (χ2n) is 12.4. The number of fused-ring (bicyclic) bond motifs is 1. The average molecular weight is 509 g/mol. The molecule has 0 radical (unpaired) electrons. The number of hydrogen-bond acceptors (Lipinski definition) is 5. The minimum Gasteiger partial charge on any atom is -0.480 e. The molecule has 0 aliphatic carbocycles. The first-order valence-corrected chi connectivity index (χ1v) is 13.1. The lowest BCUT2D eigenvalue weighted by molar-refractivity contribution is -0.0216. The molecule has 0 spiro atoms. The van der Waals surface area contributed by atoms with Crippen molar-refractivity contribution in [2.75, 3.05) is 6.54 Å². The lowest BCUT2D eigenvalue weighted by Crippen LogP contribution is -2.53. The molecule has 3 heterocycles. The minimum absolute atomic E-state index is 0.286. The summed E-state index contributed by atoms with van der Waals surface area (Å²) < 4.78 is 40.2. The maximum absolute atomic E-state index is 15.0. The number of amides is 1. The van der Waals surface area contributed by atoms with Crippen LogP contribution < -0.4 is 10.2 Å². The van der Waals surface area contributed by atoms with Gasteiger partial charge in [0.1, 0.15) is 17.2 Å². The molecule has 6 nitrogen and oxygen atoms in total. The van der Waals surface area contributed by atoms with Crippen molar-refractivity contribution in [3.05, 3.63) is 59.4 Å². The van der Waals surface area contributed by atoms with Gasteiger partial charge in [-0.25, -0.2) is 9.18 Å². The van der Waals surface area contributed by atoms with Crippen molar-refractivity contribution in [1.29, 1.82) is 0 Å². The predicted molar refractivity (Wildman–Crippen MR) is 141 cm³/mol. The monoisotopic (exact) mass is 509 g/mol. The van der Waals surface area contributed by atoms with Crippen molar-refractivity contribution in [2.45, 2.75) is 96.2 Å². The van der Waals surface area contributed by atoms with Crippen LogP contribution in [0.1, 0.15) is 72.4 Å². The van der Waals surface area contributed by atoms with E-state index in [1.165, 1.54) is 12.1 Å². The van der Waals surface area contributed by atoms with Crippen molar-refractivity contribution in [2.24, 2.45) is 0 Å². The first kappa shape index (κ1) is 26.0. The summed E-state index contributed by atoms with van der Waals surface area (Å²) in [6.45, 7) is 14.1. The molecule has 0 unspecified atom stereocenters. The van der Waals surface area contributed by atoms with Gasteiger partial charge >= 0.3 is 13.2 Å². The Morgan fingerprint density at radius 3 is 2.35 bits per heavy atom. The Morgan fingerprint density at radius 1 is 1.08 bits per heavy atom. The summed E-state index contributed by atoms with van der Waals surface area (Å²) in [5, 5.41) is 0. The van der Waals surface area contributed by atoms with E-state index in [-0.39, 0.29) is 12.1 Å². The van der Waals surface area contributed by atoms with Crippen LogP contribution in [0.4, 0.5) is 9.18 Å². The summed E-state index contributed by atoms with van der Waals surface area (Å²) in [6, 6.07) is 12.6. The Kier molecular flexibility index (Phi) is 6.15. The summed E-state index contributed by atoms with van der Waals surface area (Å²) in [5.41, 5.74) is -0.225. The largest absolute Gasteiger partial charge is 0.495 e. The van der Waals surface area contributed by atoms with Crippen molar-refractivity contribution < 1.29 is 28.0 Å². The lowest BCUT2D eigenvalue weighted by Gasteiger charge is -2.40. The molecule has 2 aromatic rings. The Hall–Kier alpha value is -2.58.